The highest BCUT2D eigenvalue weighted by Gasteiger charge is 2.17. The molecule has 8 heteroatoms. The number of pyridine rings is 2. The maximum Gasteiger partial charge on any atom is 0.341 e. The van der Waals surface area contributed by atoms with Crippen molar-refractivity contribution in [2.45, 2.75) is 19.8 Å². The molecule has 2 heterocycles. The predicted octanol–water partition coefficient (Wildman–Crippen LogP) is 5.36. The summed E-state index contributed by atoms with van der Waals surface area (Å²) in [5, 5.41) is 18.7. The zero-order valence-electron chi connectivity index (χ0n) is 14.6. The van der Waals surface area contributed by atoms with Crippen LogP contribution in [0.2, 0.25) is 5.15 Å². The van der Waals surface area contributed by atoms with Crippen molar-refractivity contribution in [3.63, 3.8) is 0 Å². The third-order valence-electron chi connectivity index (χ3n) is 3.75. The van der Waals surface area contributed by atoms with Gasteiger partial charge in [-0.3, -0.25) is 0 Å². The molecular formula is C19H17ClN4O3. The van der Waals surface area contributed by atoms with E-state index in [0.717, 1.165) is 12.8 Å². The third kappa shape index (κ3) is 4.38. The van der Waals surface area contributed by atoms with Crippen LogP contribution in [0.5, 0.6) is 5.75 Å². The van der Waals surface area contributed by atoms with E-state index in [1.54, 1.807) is 30.5 Å². The van der Waals surface area contributed by atoms with Gasteiger partial charge in [0.2, 0.25) is 0 Å². The zero-order valence-corrected chi connectivity index (χ0v) is 15.3. The van der Waals surface area contributed by atoms with E-state index in [0.29, 0.717) is 29.0 Å². The predicted molar refractivity (Wildman–Crippen MR) is 102 cm³/mol. The smallest absolute Gasteiger partial charge is 0.341 e. The van der Waals surface area contributed by atoms with E-state index in [-0.39, 0.29) is 16.5 Å². The minimum Gasteiger partial charge on any atom is -0.507 e. The number of carbonyl (C=O) groups excluding carboxylic acids is 1. The molecule has 1 N–H and O–H groups in total. The fourth-order valence-electron chi connectivity index (χ4n) is 2.34. The number of unbranched alkanes of at least 4 members (excludes halogenated alkanes) is 1. The maximum atomic E-state index is 12.2. The molecule has 2 aromatic heterocycles. The normalized spacial score (nSPS) is 11.2. The first-order valence-corrected chi connectivity index (χ1v) is 8.80. The molecule has 0 bridgehead atoms. The van der Waals surface area contributed by atoms with Gasteiger partial charge in [-0.1, -0.05) is 31.0 Å². The van der Waals surface area contributed by atoms with Crippen molar-refractivity contribution in [3.8, 4) is 5.75 Å². The quantitative estimate of drug-likeness (QED) is 0.267. The van der Waals surface area contributed by atoms with E-state index < -0.39 is 5.97 Å². The SMILES string of the molecule is CCCCOC(=O)c1cc2c(O)ccc(N=Nc3ccccn3)c2nc1Cl. The lowest BCUT2D eigenvalue weighted by molar-refractivity contribution is 0.0499. The lowest BCUT2D eigenvalue weighted by atomic mass is 10.1. The maximum absolute atomic E-state index is 12.2. The number of hydrogen-bond acceptors (Lipinski definition) is 7. The molecule has 1 aromatic carbocycles. The van der Waals surface area contributed by atoms with E-state index in [4.69, 9.17) is 16.3 Å². The number of halogens is 1. The first kappa shape index (κ1) is 18.7. The molecular weight excluding hydrogens is 368 g/mol. The second-order valence-corrected chi connectivity index (χ2v) is 6.06. The van der Waals surface area contributed by atoms with Crippen LogP contribution in [0.25, 0.3) is 10.9 Å². The van der Waals surface area contributed by atoms with Gasteiger partial charge in [0.25, 0.3) is 0 Å². The molecule has 138 valence electrons. The number of ether oxygens (including phenoxy) is 1. The van der Waals surface area contributed by atoms with Gasteiger partial charge in [-0.15, -0.1) is 10.2 Å². The summed E-state index contributed by atoms with van der Waals surface area (Å²) < 4.78 is 5.18. The Hall–Kier alpha value is -3.06. The van der Waals surface area contributed by atoms with Gasteiger partial charge in [-0.05, 0) is 36.8 Å². The van der Waals surface area contributed by atoms with Crippen molar-refractivity contribution in [2.75, 3.05) is 6.61 Å². The van der Waals surface area contributed by atoms with Crippen LogP contribution >= 0.6 is 11.6 Å². The van der Waals surface area contributed by atoms with E-state index in [1.165, 1.54) is 12.1 Å². The summed E-state index contributed by atoms with van der Waals surface area (Å²) in [6.45, 7) is 2.30. The Kier molecular flexibility index (Phi) is 5.93. The monoisotopic (exact) mass is 384 g/mol. The number of phenols is 1. The molecule has 0 saturated heterocycles. The van der Waals surface area contributed by atoms with Gasteiger partial charge >= 0.3 is 5.97 Å². The van der Waals surface area contributed by atoms with Crippen LogP contribution in [0.1, 0.15) is 30.1 Å². The second kappa shape index (κ2) is 8.55. The Morgan fingerprint density at radius 2 is 2.11 bits per heavy atom. The topological polar surface area (TPSA) is 97.0 Å². The Bertz CT molecular complexity index is 993. The fourth-order valence-corrected chi connectivity index (χ4v) is 2.55. The Labute approximate surface area is 160 Å². The van der Waals surface area contributed by atoms with Crippen LogP contribution in [-0.4, -0.2) is 27.7 Å². The highest BCUT2D eigenvalue weighted by Crippen LogP contribution is 2.34. The second-order valence-electron chi connectivity index (χ2n) is 5.70. The molecule has 3 aromatic rings. The molecule has 0 unspecified atom stereocenters. The van der Waals surface area contributed by atoms with Gasteiger partial charge in [0.1, 0.15) is 22.1 Å². The van der Waals surface area contributed by atoms with Crippen LogP contribution in [0.4, 0.5) is 11.5 Å². The molecule has 27 heavy (non-hydrogen) atoms. The lowest BCUT2D eigenvalue weighted by Crippen LogP contribution is -2.08. The number of rotatable bonds is 6. The van der Waals surface area contributed by atoms with Crippen molar-refractivity contribution in [1.82, 2.24) is 9.97 Å². The number of phenolic OH excluding ortho intramolecular Hbond substituents is 1. The number of esters is 1. The average Bonchev–Trinajstić information content (AvgIpc) is 2.68. The van der Waals surface area contributed by atoms with E-state index in [2.05, 4.69) is 20.2 Å². The van der Waals surface area contributed by atoms with E-state index >= 15 is 0 Å². The molecule has 0 saturated carbocycles. The van der Waals surface area contributed by atoms with Gasteiger partial charge in [0, 0.05) is 11.6 Å². The average molecular weight is 385 g/mol. The summed E-state index contributed by atoms with van der Waals surface area (Å²) in [5.41, 5.74) is 0.806. The van der Waals surface area contributed by atoms with Gasteiger partial charge in [0.15, 0.2) is 5.82 Å². The van der Waals surface area contributed by atoms with Crippen LogP contribution < -0.4 is 0 Å². The van der Waals surface area contributed by atoms with Gasteiger partial charge in [-0.2, -0.15) is 0 Å². The zero-order chi connectivity index (χ0) is 19.2. The Balaban J connectivity index is 1.99. The number of aromatic hydroxyl groups is 1. The van der Waals surface area contributed by atoms with Crippen molar-refractivity contribution in [2.24, 2.45) is 10.2 Å². The highest BCUT2D eigenvalue weighted by molar-refractivity contribution is 6.33. The van der Waals surface area contributed by atoms with Crippen LogP contribution in [0, 0.1) is 0 Å². The molecule has 0 fully saturated rings. The first-order chi connectivity index (χ1) is 13.1. The fraction of sp³-hybridized carbons (Fsp3) is 0.211. The van der Waals surface area contributed by atoms with E-state index in [9.17, 15) is 9.90 Å². The van der Waals surface area contributed by atoms with Gasteiger partial charge in [0.05, 0.1) is 12.2 Å². The lowest BCUT2D eigenvalue weighted by Gasteiger charge is -2.09. The summed E-state index contributed by atoms with van der Waals surface area (Å²) in [5.74, 6) is -0.197. The summed E-state index contributed by atoms with van der Waals surface area (Å²) in [6.07, 6.45) is 3.27. The summed E-state index contributed by atoms with van der Waals surface area (Å²) in [6, 6.07) is 9.74. The summed E-state index contributed by atoms with van der Waals surface area (Å²) in [4.78, 5) is 20.5. The number of hydrogen-bond donors (Lipinski definition) is 1. The molecule has 0 radical (unpaired) electrons. The number of carbonyl (C=O) groups is 1. The standard InChI is InChI=1S/C19H17ClN4O3/c1-2-3-10-27-19(26)13-11-12-15(25)8-7-14(17(12)22-18(13)20)23-24-16-6-4-5-9-21-16/h4-9,11,25H,2-3,10H2,1H3. The van der Waals surface area contributed by atoms with Gasteiger partial charge in [-0.25, -0.2) is 14.8 Å². The molecule has 0 atom stereocenters. The summed E-state index contributed by atoms with van der Waals surface area (Å²) >= 11 is 6.17. The minimum absolute atomic E-state index is 0.0242. The molecule has 0 aliphatic carbocycles. The van der Waals surface area contributed by atoms with Crippen molar-refractivity contribution >= 4 is 40.0 Å². The molecule has 3 rings (SSSR count). The van der Waals surface area contributed by atoms with Crippen LogP contribution in [-0.2, 0) is 4.74 Å². The van der Waals surface area contributed by atoms with Crippen LogP contribution in [0.15, 0.2) is 52.8 Å². The summed E-state index contributed by atoms with van der Waals surface area (Å²) in [7, 11) is 0. The minimum atomic E-state index is -0.581. The molecule has 0 spiro atoms. The molecule has 0 aliphatic heterocycles. The Morgan fingerprint density at radius 3 is 2.85 bits per heavy atom. The number of azo groups is 1. The molecule has 7 nitrogen and oxygen atoms in total. The molecule has 0 amide bonds. The van der Waals surface area contributed by atoms with Crippen molar-refractivity contribution in [1.29, 1.82) is 0 Å². The Morgan fingerprint density at radius 1 is 1.26 bits per heavy atom. The third-order valence-corrected chi connectivity index (χ3v) is 4.04. The van der Waals surface area contributed by atoms with E-state index in [1.807, 2.05) is 6.92 Å². The van der Waals surface area contributed by atoms with Gasteiger partial charge < -0.3 is 9.84 Å². The largest absolute Gasteiger partial charge is 0.507 e. The van der Waals surface area contributed by atoms with Crippen molar-refractivity contribution < 1.29 is 14.6 Å². The molecule has 0 aliphatic rings. The number of benzene rings is 1. The first-order valence-electron chi connectivity index (χ1n) is 8.42. The number of nitrogens with zero attached hydrogens (tertiary/aromatic N) is 4. The van der Waals surface area contributed by atoms with Crippen molar-refractivity contribution in [3.05, 3.63) is 53.3 Å². The van der Waals surface area contributed by atoms with Crippen LogP contribution in [0.3, 0.4) is 0 Å². The number of fused-ring (bicyclic) bond motifs is 1. The highest BCUT2D eigenvalue weighted by atomic mass is 35.5. The number of aromatic nitrogens is 2.